The maximum Gasteiger partial charge on any atom is 0.253 e. The predicted molar refractivity (Wildman–Crippen MR) is 96.4 cm³/mol. The molecule has 0 radical (unpaired) electrons. The van der Waals surface area contributed by atoms with E-state index in [1.54, 1.807) is 0 Å². The second-order valence-corrected chi connectivity index (χ2v) is 6.71. The molecule has 0 aliphatic carbocycles. The number of fused-ring (bicyclic) bond motifs is 1. The highest BCUT2D eigenvalue weighted by molar-refractivity contribution is 5.83. The molecular weight excluding hydrogens is 316 g/mol. The van der Waals surface area contributed by atoms with E-state index in [-0.39, 0.29) is 12.0 Å². The lowest BCUT2D eigenvalue weighted by molar-refractivity contribution is -0.153. The van der Waals surface area contributed by atoms with Crippen LogP contribution in [0, 0.1) is 0 Å². The Morgan fingerprint density at radius 2 is 1.80 bits per heavy atom. The normalized spacial score (nSPS) is 22.2. The molecule has 0 spiro atoms. The van der Waals surface area contributed by atoms with Gasteiger partial charge in [-0.05, 0) is 22.4 Å². The number of rotatable bonds is 3. The number of nitrogens with zero attached hydrogens (tertiary/aromatic N) is 2. The summed E-state index contributed by atoms with van der Waals surface area (Å²) in [6.07, 6.45) is -0.354. The molecule has 1 unspecified atom stereocenters. The third kappa shape index (κ3) is 3.84. The Labute approximate surface area is 148 Å². The summed E-state index contributed by atoms with van der Waals surface area (Å²) in [4.78, 5) is 16.8. The second-order valence-electron chi connectivity index (χ2n) is 6.71. The van der Waals surface area contributed by atoms with Gasteiger partial charge in [0.2, 0.25) is 0 Å². The topological polar surface area (TPSA) is 42.0 Å². The average molecular weight is 340 g/mol. The SMILES string of the molecule is O=C(C1CN(Cc2ccc3ccccc3c2)CCO1)N1CCOCC1. The van der Waals surface area contributed by atoms with Gasteiger partial charge in [-0.2, -0.15) is 0 Å². The number of carbonyl (C=O) groups is 1. The monoisotopic (exact) mass is 340 g/mol. The molecular formula is C20H24N2O3. The number of amides is 1. The first-order valence-corrected chi connectivity index (χ1v) is 8.98. The van der Waals surface area contributed by atoms with Crippen molar-refractivity contribution in [2.75, 3.05) is 46.0 Å². The average Bonchev–Trinajstić information content (AvgIpc) is 2.68. The molecule has 2 aromatic rings. The molecule has 1 atom stereocenters. The van der Waals surface area contributed by atoms with Gasteiger partial charge >= 0.3 is 0 Å². The van der Waals surface area contributed by atoms with Crippen LogP contribution >= 0.6 is 0 Å². The molecule has 2 fully saturated rings. The lowest BCUT2D eigenvalue weighted by atomic mass is 10.1. The molecule has 5 heteroatoms. The molecule has 0 aromatic heterocycles. The summed E-state index contributed by atoms with van der Waals surface area (Å²) in [6, 6.07) is 15.0. The molecule has 5 nitrogen and oxygen atoms in total. The van der Waals surface area contributed by atoms with Gasteiger partial charge in [0.25, 0.3) is 5.91 Å². The van der Waals surface area contributed by atoms with Crippen LogP contribution in [0.15, 0.2) is 42.5 Å². The minimum absolute atomic E-state index is 0.103. The molecule has 2 heterocycles. The number of benzene rings is 2. The maximum absolute atomic E-state index is 12.6. The largest absolute Gasteiger partial charge is 0.378 e. The van der Waals surface area contributed by atoms with E-state index in [0.717, 1.165) is 13.1 Å². The molecule has 1 amide bonds. The van der Waals surface area contributed by atoms with Crippen LogP contribution < -0.4 is 0 Å². The number of morpholine rings is 2. The lowest BCUT2D eigenvalue weighted by Gasteiger charge is -2.36. The molecule has 4 rings (SSSR count). The van der Waals surface area contributed by atoms with Crippen molar-refractivity contribution in [3.63, 3.8) is 0 Å². The van der Waals surface area contributed by atoms with Crippen LogP contribution in [0.2, 0.25) is 0 Å². The minimum atomic E-state index is -0.354. The highest BCUT2D eigenvalue weighted by atomic mass is 16.5. The van der Waals surface area contributed by atoms with Crippen LogP contribution in [0.5, 0.6) is 0 Å². The Balaban J connectivity index is 1.41. The van der Waals surface area contributed by atoms with Gasteiger partial charge in [-0.1, -0.05) is 36.4 Å². The van der Waals surface area contributed by atoms with Crippen molar-refractivity contribution in [2.24, 2.45) is 0 Å². The van der Waals surface area contributed by atoms with Crippen molar-refractivity contribution in [2.45, 2.75) is 12.6 Å². The van der Waals surface area contributed by atoms with Gasteiger partial charge in [-0.3, -0.25) is 9.69 Å². The first kappa shape index (κ1) is 16.5. The van der Waals surface area contributed by atoms with Crippen LogP contribution in [0.25, 0.3) is 10.8 Å². The molecule has 0 saturated carbocycles. The Hall–Kier alpha value is -1.95. The molecule has 132 valence electrons. The van der Waals surface area contributed by atoms with Crippen LogP contribution in [-0.4, -0.2) is 67.8 Å². The van der Waals surface area contributed by atoms with Crippen molar-refractivity contribution < 1.29 is 14.3 Å². The van der Waals surface area contributed by atoms with Crippen molar-refractivity contribution in [3.05, 3.63) is 48.0 Å². The fraction of sp³-hybridized carbons (Fsp3) is 0.450. The summed E-state index contributed by atoms with van der Waals surface area (Å²) < 4.78 is 11.1. The summed E-state index contributed by atoms with van der Waals surface area (Å²) in [5, 5.41) is 2.52. The molecule has 2 aliphatic heterocycles. The number of ether oxygens (including phenoxy) is 2. The van der Waals surface area contributed by atoms with E-state index in [1.165, 1.54) is 16.3 Å². The zero-order chi connectivity index (χ0) is 17.1. The van der Waals surface area contributed by atoms with Crippen LogP contribution in [-0.2, 0) is 20.8 Å². The van der Waals surface area contributed by atoms with E-state index < -0.39 is 0 Å². The highest BCUT2D eigenvalue weighted by Gasteiger charge is 2.30. The third-order valence-electron chi connectivity index (χ3n) is 4.97. The number of hydrogen-bond acceptors (Lipinski definition) is 4. The van der Waals surface area contributed by atoms with Gasteiger partial charge in [0, 0.05) is 32.7 Å². The van der Waals surface area contributed by atoms with Crippen molar-refractivity contribution in [1.29, 1.82) is 0 Å². The first-order valence-electron chi connectivity index (χ1n) is 8.98. The van der Waals surface area contributed by atoms with Gasteiger partial charge in [0.15, 0.2) is 0 Å². The zero-order valence-corrected chi connectivity index (χ0v) is 14.4. The quantitative estimate of drug-likeness (QED) is 0.856. The summed E-state index contributed by atoms with van der Waals surface area (Å²) in [5.74, 6) is 0.103. The van der Waals surface area contributed by atoms with E-state index in [1.807, 2.05) is 4.90 Å². The van der Waals surface area contributed by atoms with E-state index in [2.05, 4.69) is 47.4 Å². The fourth-order valence-electron chi connectivity index (χ4n) is 3.58. The molecule has 2 aliphatic rings. The zero-order valence-electron chi connectivity index (χ0n) is 14.4. The number of hydrogen-bond donors (Lipinski definition) is 0. The van der Waals surface area contributed by atoms with E-state index >= 15 is 0 Å². The summed E-state index contributed by atoms with van der Waals surface area (Å²) >= 11 is 0. The van der Waals surface area contributed by atoms with Gasteiger partial charge in [0.1, 0.15) is 6.10 Å². The Morgan fingerprint density at radius 3 is 2.64 bits per heavy atom. The predicted octanol–water partition coefficient (Wildman–Crippen LogP) is 1.90. The number of carbonyl (C=O) groups excluding carboxylic acids is 1. The van der Waals surface area contributed by atoms with E-state index in [4.69, 9.17) is 9.47 Å². The summed E-state index contributed by atoms with van der Waals surface area (Å²) in [6.45, 7) is 5.56. The van der Waals surface area contributed by atoms with Crippen LogP contribution in [0.3, 0.4) is 0 Å². The second kappa shape index (κ2) is 7.52. The summed E-state index contributed by atoms with van der Waals surface area (Å²) in [5.41, 5.74) is 1.28. The first-order chi connectivity index (χ1) is 12.3. The Kier molecular flexibility index (Phi) is 4.97. The van der Waals surface area contributed by atoms with Crippen molar-refractivity contribution in [1.82, 2.24) is 9.80 Å². The molecule has 2 aromatic carbocycles. The van der Waals surface area contributed by atoms with Gasteiger partial charge < -0.3 is 14.4 Å². The van der Waals surface area contributed by atoms with Gasteiger partial charge in [0.05, 0.1) is 19.8 Å². The van der Waals surface area contributed by atoms with Crippen molar-refractivity contribution >= 4 is 16.7 Å². The minimum Gasteiger partial charge on any atom is -0.378 e. The Morgan fingerprint density at radius 1 is 1.00 bits per heavy atom. The maximum atomic E-state index is 12.6. The standard InChI is InChI=1S/C20H24N2O3/c23-20(22-8-10-24-11-9-22)19-15-21(7-12-25-19)14-16-5-6-17-3-1-2-4-18(17)13-16/h1-6,13,19H,7-12,14-15H2. The fourth-order valence-corrected chi connectivity index (χ4v) is 3.58. The molecule has 25 heavy (non-hydrogen) atoms. The summed E-state index contributed by atoms with van der Waals surface area (Å²) in [7, 11) is 0. The van der Waals surface area contributed by atoms with Crippen molar-refractivity contribution in [3.8, 4) is 0 Å². The highest BCUT2D eigenvalue weighted by Crippen LogP contribution is 2.18. The molecule has 0 N–H and O–H groups in total. The Bertz CT molecular complexity index is 743. The third-order valence-corrected chi connectivity index (χ3v) is 4.97. The van der Waals surface area contributed by atoms with E-state index in [0.29, 0.717) is 39.5 Å². The van der Waals surface area contributed by atoms with E-state index in [9.17, 15) is 4.79 Å². The molecule has 0 bridgehead atoms. The van der Waals surface area contributed by atoms with Gasteiger partial charge in [-0.25, -0.2) is 0 Å². The van der Waals surface area contributed by atoms with Crippen LogP contribution in [0.4, 0.5) is 0 Å². The molecule has 2 saturated heterocycles. The van der Waals surface area contributed by atoms with Gasteiger partial charge in [-0.15, -0.1) is 0 Å². The lowest BCUT2D eigenvalue weighted by Crippen LogP contribution is -2.53. The van der Waals surface area contributed by atoms with Crippen LogP contribution in [0.1, 0.15) is 5.56 Å². The smallest absolute Gasteiger partial charge is 0.253 e.